The van der Waals surface area contributed by atoms with E-state index in [9.17, 15) is 18.0 Å². The lowest BCUT2D eigenvalue weighted by Crippen LogP contribution is -2.11. The Bertz CT molecular complexity index is 969. The molecule has 0 spiro atoms. The standard InChI is InChI=1S/C23H20F3NO2/c1-14-2-4-15(5-3-14)16-6-8-17(9-7-16)21(25)22(26)23(28)29-19-11-10-18(13-27)20(24)12-19/h6-12,14-15H,2-5H2,1H3/b22-21+. The molecule has 6 heteroatoms. The van der Waals surface area contributed by atoms with Crippen molar-refractivity contribution in [2.45, 2.75) is 38.5 Å². The number of benzene rings is 2. The third-order valence-corrected chi connectivity index (χ3v) is 5.29. The number of carbonyl (C=O) groups excluding carboxylic acids is 1. The van der Waals surface area contributed by atoms with Crippen molar-refractivity contribution in [3.05, 3.63) is 70.8 Å². The Labute approximate surface area is 167 Å². The van der Waals surface area contributed by atoms with Gasteiger partial charge in [0.05, 0.1) is 5.56 Å². The maximum atomic E-state index is 14.4. The zero-order chi connectivity index (χ0) is 21.0. The summed E-state index contributed by atoms with van der Waals surface area (Å²) in [5.41, 5.74) is 0.752. The second-order valence-electron chi connectivity index (χ2n) is 7.35. The summed E-state index contributed by atoms with van der Waals surface area (Å²) < 4.78 is 46.8. The van der Waals surface area contributed by atoms with Crippen LogP contribution in [0.3, 0.4) is 0 Å². The molecule has 0 aliphatic heterocycles. The number of esters is 1. The Kier molecular flexibility index (Phi) is 6.38. The van der Waals surface area contributed by atoms with Gasteiger partial charge in [0.25, 0.3) is 0 Å². The number of hydrogen-bond acceptors (Lipinski definition) is 3. The van der Waals surface area contributed by atoms with Crippen LogP contribution in [-0.4, -0.2) is 5.97 Å². The highest BCUT2D eigenvalue weighted by atomic mass is 19.2. The normalized spacial score (nSPS) is 19.8. The second-order valence-corrected chi connectivity index (χ2v) is 7.35. The molecule has 1 aliphatic rings. The molecule has 1 fully saturated rings. The molecular formula is C23H20F3NO2. The largest absolute Gasteiger partial charge is 0.421 e. The second kappa shape index (κ2) is 8.95. The molecule has 2 aromatic rings. The van der Waals surface area contributed by atoms with Crippen molar-refractivity contribution in [2.75, 3.05) is 0 Å². The smallest absolute Gasteiger partial charge is 0.375 e. The zero-order valence-corrected chi connectivity index (χ0v) is 15.9. The summed E-state index contributed by atoms with van der Waals surface area (Å²) >= 11 is 0. The van der Waals surface area contributed by atoms with E-state index in [1.807, 2.05) is 0 Å². The Hall–Kier alpha value is -3.07. The third kappa shape index (κ3) is 4.86. The van der Waals surface area contributed by atoms with Gasteiger partial charge < -0.3 is 4.74 Å². The Morgan fingerprint density at radius 1 is 1.07 bits per heavy atom. The first-order chi connectivity index (χ1) is 13.9. The molecule has 0 atom stereocenters. The van der Waals surface area contributed by atoms with Gasteiger partial charge in [0.15, 0.2) is 5.83 Å². The van der Waals surface area contributed by atoms with Gasteiger partial charge in [0, 0.05) is 11.6 Å². The first kappa shape index (κ1) is 20.7. The van der Waals surface area contributed by atoms with E-state index in [1.54, 1.807) is 18.2 Å². The molecule has 0 bridgehead atoms. The van der Waals surface area contributed by atoms with Gasteiger partial charge >= 0.3 is 5.97 Å². The van der Waals surface area contributed by atoms with Crippen molar-refractivity contribution in [3.63, 3.8) is 0 Å². The Morgan fingerprint density at radius 2 is 1.72 bits per heavy atom. The summed E-state index contributed by atoms with van der Waals surface area (Å²) in [7, 11) is 0. The lowest BCUT2D eigenvalue weighted by atomic mass is 9.79. The van der Waals surface area contributed by atoms with Crippen molar-refractivity contribution < 1.29 is 22.7 Å². The van der Waals surface area contributed by atoms with Crippen LogP contribution in [0.5, 0.6) is 5.75 Å². The van der Waals surface area contributed by atoms with Gasteiger partial charge in [-0.3, -0.25) is 0 Å². The average molecular weight is 399 g/mol. The van der Waals surface area contributed by atoms with Gasteiger partial charge in [0.2, 0.25) is 5.83 Å². The molecule has 3 nitrogen and oxygen atoms in total. The molecular weight excluding hydrogens is 379 g/mol. The number of carbonyl (C=O) groups is 1. The van der Waals surface area contributed by atoms with Crippen LogP contribution in [-0.2, 0) is 4.79 Å². The molecule has 1 saturated carbocycles. The van der Waals surface area contributed by atoms with Crippen LogP contribution in [0, 0.1) is 23.1 Å². The molecule has 3 rings (SSSR count). The average Bonchev–Trinajstić information content (AvgIpc) is 2.73. The van der Waals surface area contributed by atoms with Crippen molar-refractivity contribution in [1.82, 2.24) is 0 Å². The fraction of sp³-hybridized carbons (Fsp3) is 0.304. The summed E-state index contributed by atoms with van der Waals surface area (Å²) in [6.45, 7) is 2.23. The molecule has 0 N–H and O–H groups in total. The molecule has 150 valence electrons. The summed E-state index contributed by atoms with van der Waals surface area (Å²) in [5, 5.41) is 8.68. The summed E-state index contributed by atoms with van der Waals surface area (Å²) in [6, 6.07) is 11.0. The summed E-state index contributed by atoms with van der Waals surface area (Å²) in [5.74, 6) is -4.73. The lowest BCUT2D eigenvalue weighted by Gasteiger charge is -2.26. The summed E-state index contributed by atoms with van der Waals surface area (Å²) in [6.07, 6.45) is 4.44. The summed E-state index contributed by atoms with van der Waals surface area (Å²) in [4.78, 5) is 11.9. The molecule has 0 aromatic heterocycles. The topological polar surface area (TPSA) is 50.1 Å². The number of hydrogen-bond donors (Lipinski definition) is 0. The lowest BCUT2D eigenvalue weighted by molar-refractivity contribution is -0.131. The van der Waals surface area contributed by atoms with E-state index in [2.05, 4.69) is 11.7 Å². The maximum Gasteiger partial charge on any atom is 0.375 e. The predicted octanol–water partition coefficient (Wildman–Crippen LogP) is 6.20. The Balaban J connectivity index is 1.71. The highest BCUT2D eigenvalue weighted by Crippen LogP contribution is 2.36. The first-order valence-electron chi connectivity index (χ1n) is 9.46. The van der Waals surface area contributed by atoms with Gasteiger partial charge in [-0.1, -0.05) is 44.0 Å². The van der Waals surface area contributed by atoms with Gasteiger partial charge in [-0.2, -0.15) is 9.65 Å². The fourth-order valence-corrected chi connectivity index (χ4v) is 3.51. The van der Waals surface area contributed by atoms with Crippen molar-refractivity contribution in [3.8, 4) is 11.8 Å². The van der Waals surface area contributed by atoms with E-state index in [1.165, 1.54) is 12.1 Å². The monoisotopic (exact) mass is 399 g/mol. The van der Waals surface area contributed by atoms with Crippen LogP contribution in [0.15, 0.2) is 48.3 Å². The Morgan fingerprint density at radius 3 is 2.31 bits per heavy atom. The highest BCUT2D eigenvalue weighted by Gasteiger charge is 2.22. The van der Waals surface area contributed by atoms with Gasteiger partial charge in [-0.25, -0.2) is 13.6 Å². The molecule has 29 heavy (non-hydrogen) atoms. The minimum Gasteiger partial charge on any atom is -0.421 e. The molecule has 0 unspecified atom stereocenters. The molecule has 0 heterocycles. The number of rotatable bonds is 4. The van der Waals surface area contributed by atoms with Gasteiger partial charge in [0.1, 0.15) is 17.6 Å². The van der Waals surface area contributed by atoms with Crippen LogP contribution in [0.1, 0.15) is 55.2 Å². The van der Waals surface area contributed by atoms with Crippen LogP contribution in [0.2, 0.25) is 0 Å². The van der Waals surface area contributed by atoms with E-state index in [4.69, 9.17) is 5.26 Å². The molecule has 0 saturated heterocycles. The molecule has 1 aliphatic carbocycles. The molecule has 0 amide bonds. The minimum atomic E-state index is -1.70. The van der Waals surface area contributed by atoms with Crippen LogP contribution in [0.4, 0.5) is 13.2 Å². The van der Waals surface area contributed by atoms with Crippen molar-refractivity contribution in [2.24, 2.45) is 5.92 Å². The van der Waals surface area contributed by atoms with E-state index in [0.717, 1.165) is 55.4 Å². The quantitative estimate of drug-likeness (QED) is 0.349. The van der Waals surface area contributed by atoms with Crippen LogP contribution >= 0.6 is 0 Å². The van der Waals surface area contributed by atoms with Crippen LogP contribution < -0.4 is 4.74 Å². The number of halogens is 3. The number of ether oxygens (including phenoxy) is 1. The van der Waals surface area contributed by atoms with Gasteiger partial charge in [-0.15, -0.1) is 0 Å². The van der Waals surface area contributed by atoms with E-state index in [0.29, 0.717) is 5.92 Å². The van der Waals surface area contributed by atoms with E-state index in [-0.39, 0.29) is 16.9 Å². The van der Waals surface area contributed by atoms with E-state index < -0.39 is 23.4 Å². The third-order valence-electron chi connectivity index (χ3n) is 5.29. The molecule has 0 radical (unpaired) electrons. The number of nitriles is 1. The van der Waals surface area contributed by atoms with Crippen molar-refractivity contribution >= 4 is 11.8 Å². The SMILES string of the molecule is CC1CCC(c2ccc(/C(F)=C(\F)C(=O)Oc3ccc(C#N)c(F)c3)cc2)CC1. The fourth-order valence-electron chi connectivity index (χ4n) is 3.51. The number of nitrogens with zero attached hydrogens (tertiary/aromatic N) is 1. The minimum absolute atomic E-state index is 0.0709. The predicted molar refractivity (Wildman–Crippen MR) is 103 cm³/mol. The first-order valence-corrected chi connectivity index (χ1v) is 9.46. The van der Waals surface area contributed by atoms with E-state index >= 15 is 0 Å². The maximum absolute atomic E-state index is 14.4. The molecule has 2 aromatic carbocycles. The van der Waals surface area contributed by atoms with Gasteiger partial charge in [-0.05, 0) is 42.4 Å². The van der Waals surface area contributed by atoms with Crippen molar-refractivity contribution in [1.29, 1.82) is 5.26 Å². The van der Waals surface area contributed by atoms with Crippen LogP contribution in [0.25, 0.3) is 5.83 Å². The zero-order valence-electron chi connectivity index (χ0n) is 15.9. The highest BCUT2D eigenvalue weighted by molar-refractivity contribution is 5.94.